The summed E-state index contributed by atoms with van der Waals surface area (Å²) in [7, 11) is 0. The highest BCUT2D eigenvalue weighted by atomic mass is 19.3. The molecule has 1 aromatic rings. The molecule has 0 heterocycles. The van der Waals surface area contributed by atoms with Crippen molar-refractivity contribution in [2.75, 3.05) is 6.54 Å². The molecule has 0 spiro atoms. The van der Waals surface area contributed by atoms with Gasteiger partial charge < -0.3 is 15.4 Å². The van der Waals surface area contributed by atoms with Gasteiger partial charge in [0.1, 0.15) is 18.3 Å². The summed E-state index contributed by atoms with van der Waals surface area (Å²) in [5.74, 6) is -0.885. The van der Waals surface area contributed by atoms with Gasteiger partial charge in [0.2, 0.25) is 5.91 Å². The Hall–Kier alpha value is -2.69. The molecule has 0 bridgehead atoms. The van der Waals surface area contributed by atoms with E-state index in [4.69, 9.17) is 5.26 Å². The van der Waals surface area contributed by atoms with E-state index in [2.05, 4.69) is 15.4 Å². The number of halogens is 2. The lowest BCUT2D eigenvalue weighted by molar-refractivity contribution is -0.123. The number of hydrogen-bond acceptors (Lipinski definition) is 4. The molecular weight excluding hydrogens is 320 g/mol. The lowest BCUT2D eigenvalue weighted by Gasteiger charge is -2.19. The molecular formula is C16H19F2N3O3. The van der Waals surface area contributed by atoms with Gasteiger partial charge in [-0.3, -0.25) is 9.59 Å². The first-order valence-electron chi connectivity index (χ1n) is 7.34. The van der Waals surface area contributed by atoms with E-state index < -0.39 is 24.5 Å². The molecule has 0 aliphatic carbocycles. The third-order valence-corrected chi connectivity index (χ3v) is 3.01. The van der Waals surface area contributed by atoms with Gasteiger partial charge in [0.15, 0.2) is 0 Å². The fraction of sp³-hybridized carbons (Fsp3) is 0.438. The summed E-state index contributed by atoms with van der Waals surface area (Å²) in [5, 5.41) is 13.5. The van der Waals surface area contributed by atoms with Gasteiger partial charge in [0.05, 0.1) is 6.07 Å². The molecule has 0 aliphatic rings. The van der Waals surface area contributed by atoms with Crippen molar-refractivity contribution in [3.05, 3.63) is 29.8 Å². The van der Waals surface area contributed by atoms with Crippen molar-refractivity contribution in [3.63, 3.8) is 0 Å². The molecule has 6 nitrogen and oxygen atoms in total. The first-order chi connectivity index (χ1) is 11.3. The van der Waals surface area contributed by atoms with Crippen LogP contribution in [0.15, 0.2) is 24.3 Å². The first kappa shape index (κ1) is 19.4. The Bertz CT molecular complexity index is 598. The van der Waals surface area contributed by atoms with Crippen LogP contribution in [0.4, 0.5) is 8.78 Å². The van der Waals surface area contributed by atoms with Gasteiger partial charge in [-0.15, -0.1) is 0 Å². The van der Waals surface area contributed by atoms with E-state index >= 15 is 0 Å². The minimum atomic E-state index is -2.94. The molecule has 0 fully saturated rings. The third kappa shape index (κ3) is 6.60. The largest absolute Gasteiger partial charge is 0.435 e. The molecule has 2 N–H and O–H groups in total. The van der Waals surface area contributed by atoms with Gasteiger partial charge in [-0.05, 0) is 36.6 Å². The van der Waals surface area contributed by atoms with Crippen LogP contribution in [0.5, 0.6) is 5.75 Å². The maximum Gasteiger partial charge on any atom is 0.387 e. The molecule has 0 aliphatic heterocycles. The summed E-state index contributed by atoms with van der Waals surface area (Å²) in [4.78, 5) is 24.2. The van der Waals surface area contributed by atoms with Crippen LogP contribution in [0.2, 0.25) is 0 Å². The highest BCUT2D eigenvalue weighted by Crippen LogP contribution is 2.15. The third-order valence-electron chi connectivity index (χ3n) is 3.01. The van der Waals surface area contributed by atoms with Gasteiger partial charge in [-0.1, -0.05) is 13.8 Å². The number of ether oxygens (including phenoxy) is 1. The second-order valence-electron chi connectivity index (χ2n) is 5.43. The summed E-state index contributed by atoms with van der Waals surface area (Å²) >= 11 is 0. The average Bonchev–Trinajstić information content (AvgIpc) is 2.51. The van der Waals surface area contributed by atoms with Crippen LogP contribution in [0.1, 0.15) is 30.6 Å². The highest BCUT2D eigenvalue weighted by molar-refractivity contribution is 5.97. The molecule has 0 unspecified atom stereocenters. The Labute approximate surface area is 138 Å². The van der Waals surface area contributed by atoms with Gasteiger partial charge >= 0.3 is 6.61 Å². The number of amides is 2. The van der Waals surface area contributed by atoms with Crippen LogP contribution >= 0.6 is 0 Å². The van der Waals surface area contributed by atoms with Crippen molar-refractivity contribution in [2.45, 2.75) is 32.9 Å². The number of nitrogens with zero attached hydrogens (tertiary/aromatic N) is 1. The molecule has 1 atom stereocenters. The standard InChI is InChI=1S/C16H19F2N3O3/c1-10(2)9-13(15(23)20-8-7-19)21-14(22)11-3-5-12(6-4-11)24-16(17)18/h3-6,10,13,16H,8-9H2,1-2H3,(H,20,23)(H,21,22)/t13-/m0/s1. The maximum absolute atomic E-state index is 12.2. The lowest BCUT2D eigenvalue weighted by atomic mass is 10.0. The Morgan fingerprint density at radius 1 is 1.25 bits per heavy atom. The Kier molecular flexibility index (Phi) is 7.62. The Morgan fingerprint density at radius 3 is 2.38 bits per heavy atom. The van der Waals surface area contributed by atoms with Crippen LogP contribution in [0.25, 0.3) is 0 Å². The number of hydrogen-bond donors (Lipinski definition) is 2. The van der Waals surface area contributed by atoms with E-state index in [0.29, 0.717) is 6.42 Å². The Balaban J connectivity index is 2.76. The van der Waals surface area contributed by atoms with Gasteiger partial charge in [-0.25, -0.2) is 0 Å². The SMILES string of the molecule is CC(C)C[C@H](NC(=O)c1ccc(OC(F)F)cc1)C(=O)NCC#N. The van der Waals surface area contributed by atoms with Crippen molar-refractivity contribution in [2.24, 2.45) is 5.92 Å². The topological polar surface area (TPSA) is 91.2 Å². The van der Waals surface area contributed by atoms with Crippen LogP contribution < -0.4 is 15.4 Å². The molecule has 8 heteroatoms. The summed E-state index contributed by atoms with van der Waals surface area (Å²) in [6, 6.07) is 6.15. The van der Waals surface area contributed by atoms with Crippen LogP contribution in [-0.2, 0) is 4.79 Å². The fourth-order valence-corrected chi connectivity index (χ4v) is 1.98. The number of nitriles is 1. The van der Waals surface area contributed by atoms with Crippen LogP contribution in [-0.4, -0.2) is 31.0 Å². The molecule has 24 heavy (non-hydrogen) atoms. The van der Waals surface area contributed by atoms with Gasteiger partial charge in [0, 0.05) is 5.56 Å². The van der Waals surface area contributed by atoms with Crippen molar-refractivity contribution < 1.29 is 23.1 Å². The minimum Gasteiger partial charge on any atom is -0.435 e. The molecule has 0 saturated heterocycles. The van der Waals surface area contributed by atoms with Crippen molar-refractivity contribution in [1.82, 2.24) is 10.6 Å². The van der Waals surface area contributed by atoms with Crippen molar-refractivity contribution in [1.29, 1.82) is 5.26 Å². The van der Waals surface area contributed by atoms with Gasteiger partial charge in [-0.2, -0.15) is 14.0 Å². The molecule has 0 radical (unpaired) electrons. The fourth-order valence-electron chi connectivity index (χ4n) is 1.98. The quantitative estimate of drug-likeness (QED) is 0.709. The molecule has 0 aromatic heterocycles. The summed E-state index contributed by atoms with van der Waals surface area (Å²) in [6.07, 6.45) is 0.398. The molecule has 1 rings (SSSR count). The summed E-state index contributed by atoms with van der Waals surface area (Å²) in [6.45, 7) is 0.701. The normalized spacial score (nSPS) is 11.7. The zero-order valence-corrected chi connectivity index (χ0v) is 13.4. The van der Waals surface area contributed by atoms with Crippen LogP contribution in [0.3, 0.4) is 0 Å². The predicted molar refractivity (Wildman–Crippen MR) is 82.4 cm³/mol. The van der Waals surface area contributed by atoms with Crippen LogP contribution in [0, 0.1) is 17.2 Å². The smallest absolute Gasteiger partial charge is 0.387 e. The minimum absolute atomic E-state index is 0.0629. The maximum atomic E-state index is 12.2. The first-order valence-corrected chi connectivity index (χ1v) is 7.34. The molecule has 130 valence electrons. The van der Waals surface area contributed by atoms with Gasteiger partial charge in [0.25, 0.3) is 5.91 Å². The zero-order chi connectivity index (χ0) is 18.1. The molecule has 2 amide bonds. The van der Waals surface area contributed by atoms with E-state index in [-0.39, 0.29) is 23.8 Å². The number of nitrogens with one attached hydrogen (secondary N) is 2. The van der Waals surface area contributed by atoms with E-state index in [1.165, 1.54) is 24.3 Å². The zero-order valence-electron chi connectivity index (χ0n) is 13.4. The van der Waals surface area contributed by atoms with Crippen molar-refractivity contribution in [3.8, 4) is 11.8 Å². The number of carbonyl (C=O) groups excluding carboxylic acids is 2. The monoisotopic (exact) mass is 339 g/mol. The van der Waals surface area contributed by atoms with E-state index in [1.54, 1.807) is 6.07 Å². The predicted octanol–water partition coefficient (Wildman–Crippen LogP) is 2.07. The number of benzene rings is 1. The second kappa shape index (κ2) is 9.45. The number of rotatable bonds is 8. The van der Waals surface area contributed by atoms with E-state index in [0.717, 1.165) is 0 Å². The summed E-state index contributed by atoms with van der Waals surface area (Å²) < 4.78 is 28.4. The molecule has 0 saturated carbocycles. The number of carbonyl (C=O) groups is 2. The Morgan fingerprint density at radius 2 is 1.88 bits per heavy atom. The summed E-state index contributed by atoms with van der Waals surface area (Å²) in [5.41, 5.74) is 0.207. The average molecular weight is 339 g/mol. The van der Waals surface area contributed by atoms with Crippen molar-refractivity contribution >= 4 is 11.8 Å². The van der Waals surface area contributed by atoms with E-state index in [9.17, 15) is 18.4 Å². The molecule has 1 aromatic carbocycles. The number of alkyl halides is 2. The van der Waals surface area contributed by atoms with E-state index in [1.807, 2.05) is 13.8 Å². The lowest BCUT2D eigenvalue weighted by Crippen LogP contribution is -2.47. The second-order valence-corrected chi connectivity index (χ2v) is 5.43. The highest BCUT2D eigenvalue weighted by Gasteiger charge is 2.22.